The molecule has 1 aromatic heterocycles. The van der Waals surface area contributed by atoms with Crippen LogP contribution in [-0.4, -0.2) is 10.9 Å². The average Bonchev–Trinajstić information content (AvgIpc) is 3.25. The zero-order chi connectivity index (χ0) is 14.7. The van der Waals surface area contributed by atoms with E-state index in [1.54, 1.807) is 29.5 Å². The van der Waals surface area contributed by atoms with Crippen LogP contribution in [0.5, 0.6) is 0 Å². The van der Waals surface area contributed by atoms with E-state index in [4.69, 9.17) is 5.26 Å². The molecule has 0 radical (unpaired) electrons. The fourth-order valence-corrected chi connectivity index (χ4v) is 2.85. The van der Waals surface area contributed by atoms with Gasteiger partial charge >= 0.3 is 0 Å². The number of hydrogen-bond donors (Lipinski definition) is 1. The highest BCUT2D eigenvalue weighted by molar-refractivity contribution is 7.09. The highest BCUT2D eigenvalue weighted by Crippen LogP contribution is 2.41. The van der Waals surface area contributed by atoms with Crippen LogP contribution in [0.3, 0.4) is 0 Å². The van der Waals surface area contributed by atoms with Crippen molar-refractivity contribution in [3.63, 3.8) is 0 Å². The molecule has 1 saturated carbocycles. The second kappa shape index (κ2) is 5.90. The van der Waals surface area contributed by atoms with Crippen LogP contribution in [-0.2, 0) is 4.79 Å². The lowest BCUT2D eigenvalue weighted by molar-refractivity contribution is -0.112. The normalized spacial score (nSPS) is 14.5. The quantitative estimate of drug-likeness (QED) is 0.692. The minimum absolute atomic E-state index is 0.0616. The predicted molar refractivity (Wildman–Crippen MR) is 82.8 cm³/mol. The SMILES string of the molecule is N#CC(=Cc1csc(C2CC2)n1)C(=O)Nc1ccccc1. The maximum Gasteiger partial charge on any atom is 0.266 e. The number of carbonyl (C=O) groups is 1. The second-order valence-electron chi connectivity index (χ2n) is 4.87. The zero-order valence-corrected chi connectivity index (χ0v) is 12.1. The predicted octanol–water partition coefficient (Wildman–Crippen LogP) is 3.57. The van der Waals surface area contributed by atoms with E-state index in [2.05, 4.69) is 10.3 Å². The van der Waals surface area contributed by atoms with Gasteiger partial charge in [0.25, 0.3) is 5.91 Å². The van der Waals surface area contributed by atoms with E-state index in [-0.39, 0.29) is 5.57 Å². The van der Waals surface area contributed by atoms with Gasteiger partial charge in [-0.2, -0.15) is 5.26 Å². The molecule has 104 valence electrons. The van der Waals surface area contributed by atoms with Gasteiger partial charge in [-0.05, 0) is 31.1 Å². The Morgan fingerprint density at radius 1 is 1.38 bits per heavy atom. The summed E-state index contributed by atoms with van der Waals surface area (Å²) < 4.78 is 0. The highest BCUT2D eigenvalue weighted by Gasteiger charge is 2.26. The first kappa shape index (κ1) is 13.5. The van der Waals surface area contributed by atoms with Gasteiger partial charge in [0.15, 0.2) is 0 Å². The van der Waals surface area contributed by atoms with Gasteiger partial charge < -0.3 is 5.32 Å². The summed E-state index contributed by atoms with van der Waals surface area (Å²) in [5, 5.41) is 14.9. The van der Waals surface area contributed by atoms with Gasteiger partial charge in [-0.15, -0.1) is 11.3 Å². The van der Waals surface area contributed by atoms with Crippen molar-refractivity contribution >= 4 is 29.0 Å². The second-order valence-corrected chi connectivity index (χ2v) is 5.76. The van der Waals surface area contributed by atoms with Crippen LogP contribution in [0.4, 0.5) is 5.69 Å². The fourth-order valence-electron chi connectivity index (χ4n) is 1.90. The molecule has 1 aliphatic carbocycles. The minimum atomic E-state index is -0.412. The van der Waals surface area contributed by atoms with Crippen molar-refractivity contribution in [3.8, 4) is 6.07 Å². The smallest absolute Gasteiger partial charge is 0.266 e. The van der Waals surface area contributed by atoms with Crippen molar-refractivity contribution < 1.29 is 4.79 Å². The standard InChI is InChI=1S/C16H13N3OS/c17-9-12(15(20)18-13-4-2-1-3-5-13)8-14-10-21-16(19-14)11-6-7-11/h1-5,8,10-11H,6-7H2,(H,18,20). The van der Waals surface area contributed by atoms with Crippen LogP contribution in [0, 0.1) is 11.3 Å². The summed E-state index contributed by atoms with van der Waals surface area (Å²) in [5.41, 5.74) is 1.41. The van der Waals surface area contributed by atoms with E-state index in [1.807, 2.05) is 29.6 Å². The Hall–Kier alpha value is -2.45. The molecular formula is C16H13N3OS. The molecule has 0 atom stereocenters. The lowest BCUT2D eigenvalue weighted by Crippen LogP contribution is -2.13. The van der Waals surface area contributed by atoms with Gasteiger partial charge in [0, 0.05) is 17.0 Å². The number of para-hydroxylation sites is 1. The molecule has 1 aliphatic rings. The molecule has 0 unspecified atom stereocenters. The maximum absolute atomic E-state index is 12.1. The summed E-state index contributed by atoms with van der Waals surface area (Å²) in [7, 11) is 0. The molecule has 0 saturated heterocycles. The van der Waals surface area contributed by atoms with Crippen molar-refractivity contribution in [2.75, 3.05) is 5.32 Å². The first-order valence-corrected chi connectivity index (χ1v) is 7.58. The topological polar surface area (TPSA) is 65.8 Å². The molecule has 4 nitrogen and oxygen atoms in total. The molecule has 1 fully saturated rings. The summed E-state index contributed by atoms with van der Waals surface area (Å²) in [6, 6.07) is 11.0. The van der Waals surface area contributed by atoms with Crippen molar-refractivity contribution in [2.45, 2.75) is 18.8 Å². The number of benzene rings is 1. The Morgan fingerprint density at radius 2 is 2.14 bits per heavy atom. The van der Waals surface area contributed by atoms with Crippen LogP contribution < -0.4 is 5.32 Å². The Bertz CT molecular complexity index is 723. The van der Waals surface area contributed by atoms with E-state index in [9.17, 15) is 4.79 Å². The van der Waals surface area contributed by atoms with Gasteiger partial charge in [0.1, 0.15) is 11.6 Å². The number of hydrogen-bond acceptors (Lipinski definition) is 4. The molecule has 2 aromatic rings. The van der Waals surface area contributed by atoms with Crippen molar-refractivity contribution in [1.82, 2.24) is 4.98 Å². The summed E-state index contributed by atoms with van der Waals surface area (Å²) in [6.45, 7) is 0. The molecule has 5 heteroatoms. The monoisotopic (exact) mass is 295 g/mol. The number of anilines is 1. The number of nitrogens with one attached hydrogen (secondary N) is 1. The van der Waals surface area contributed by atoms with E-state index < -0.39 is 5.91 Å². The van der Waals surface area contributed by atoms with Gasteiger partial charge in [0.2, 0.25) is 0 Å². The highest BCUT2D eigenvalue weighted by atomic mass is 32.1. The Labute approximate surface area is 126 Å². The van der Waals surface area contributed by atoms with E-state index in [1.165, 1.54) is 12.8 Å². The van der Waals surface area contributed by atoms with Crippen LogP contribution >= 0.6 is 11.3 Å². The summed E-state index contributed by atoms with van der Waals surface area (Å²) >= 11 is 1.59. The maximum atomic E-state index is 12.1. The molecular weight excluding hydrogens is 282 g/mol. The number of thiazole rings is 1. The summed E-state index contributed by atoms with van der Waals surface area (Å²) in [4.78, 5) is 16.5. The zero-order valence-electron chi connectivity index (χ0n) is 11.2. The van der Waals surface area contributed by atoms with Crippen LogP contribution in [0.1, 0.15) is 29.5 Å². The van der Waals surface area contributed by atoms with Crippen molar-refractivity contribution in [3.05, 3.63) is 52.0 Å². The van der Waals surface area contributed by atoms with Gasteiger partial charge in [-0.3, -0.25) is 4.79 Å². The van der Waals surface area contributed by atoms with Crippen LogP contribution in [0.25, 0.3) is 6.08 Å². The molecule has 3 rings (SSSR count). The Balaban J connectivity index is 1.75. The number of nitriles is 1. The minimum Gasteiger partial charge on any atom is -0.321 e. The number of amides is 1. The first-order chi connectivity index (χ1) is 10.3. The Morgan fingerprint density at radius 3 is 2.81 bits per heavy atom. The van der Waals surface area contributed by atoms with Gasteiger partial charge in [0.05, 0.1) is 10.7 Å². The summed E-state index contributed by atoms with van der Waals surface area (Å²) in [6.07, 6.45) is 3.92. The third-order valence-electron chi connectivity index (χ3n) is 3.16. The molecule has 1 amide bonds. The van der Waals surface area contributed by atoms with Crippen molar-refractivity contribution in [1.29, 1.82) is 5.26 Å². The van der Waals surface area contributed by atoms with Crippen LogP contribution in [0.2, 0.25) is 0 Å². The average molecular weight is 295 g/mol. The van der Waals surface area contributed by atoms with E-state index >= 15 is 0 Å². The molecule has 21 heavy (non-hydrogen) atoms. The number of rotatable bonds is 4. The van der Waals surface area contributed by atoms with Gasteiger partial charge in [-0.1, -0.05) is 18.2 Å². The van der Waals surface area contributed by atoms with Crippen LogP contribution in [0.15, 0.2) is 41.3 Å². The molecule has 0 bridgehead atoms. The third-order valence-corrected chi connectivity index (χ3v) is 4.18. The van der Waals surface area contributed by atoms with E-state index in [0.29, 0.717) is 17.3 Å². The molecule has 1 heterocycles. The largest absolute Gasteiger partial charge is 0.321 e. The lowest BCUT2D eigenvalue weighted by Gasteiger charge is -2.02. The number of aromatic nitrogens is 1. The number of carbonyl (C=O) groups excluding carboxylic acids is 1. The van der Waals surface area contributed by atoms with E-state index in [0.717, 1.165) is 5.01 Å². The molecule has 1 N–H and O–H groups in total. The Kier molecular flexibility index (Phi) is 3.80. The van der Waals surface area contributed by atoms with Gasteiger partial charge in [-0.25, -0.2) is 4.98 Å². The molecule has 1 aromatic carbocycles. The van der Waals surface area contributed by atoms with Crippen molar-refractivity contribution in [2.24, 2.45) is 0 Å². The third kappa shape index (κ3) is 3.36. The lowest BCUT2D eigenvalue weighted by atomic mass is 10.2. The summed E-state index contributed by atoms with van der Waals surface area (Å²) in [5.74, 6) is 0.172. The first-order valence-electron chi connectivity index (χ1n) is 6.70. The fraction of sp³-hybridized carbons (Fsp3) is 0.188. The molecule has 0 aliphatic heterocycles. The molecule has 0 spiro atoms. The number of nitrogens with zero attached hydrogens (tertiary/aromatic N) is 2.